The Kier molecular flexibility index (Phi) is 7.65. The molecule has 0 fully saturated rings. The molecule has 1 N–H and O–H groups in total. The summed E-state index contributed by atoms with van der Waals surface area (Å²) < 4.78 is 15.2. The lowest BCUT2D eigenvalue weighted by molar-refractivity contribution is -0.111. The molecule has 0 aliphatic rings. The molecule has 0 spiro atoms. The van der Waals surface area contributed by atoms with Crippen molar-refractivity contribution < 1.29 is 9.18 Å². The van der Waals surface area contributed by atoms with Gasteiger partial charge in [-0.05, 0) is 74.2 Å². The highest BCUT2D eigenvalue weighted by Gasteiger charge is 2.11. The summed E-state index contributed by atoms with van der Waals surface area (Å²) in [6.07, 6.45) is 7.74. The smallest absolute Gasteiger partial charge is 0.248 e. The molecular formula is C27H27FN4OS. The van der Waals surface area contributed by atoms with Crippen LogP contribution >= 0.6 is 11.3 Å². The average Bonchev–Trinajstić information content (AvgIpc) is 3.49. The number of aromatic nitrogens is 3. The Morgan fingerprint density at radius 1 is 1.09 bits per heavy atom. The lowest BCUT2D eigenvalue weighted by Gasteiger charge is -2.07. The first kappa shape index (κ1) is 23.6. The number of benzene rings is 2. The largest absolute Gasteiger partial charge is 0.323 e. The van der Waals surface area contributed by atoms with E-state index in [2.05, 4.69) is 27.7 Å². The zero-order chi connectivity index (χ0) is 23.9. The molecule has 7 heteroatoms. The molecule has 0 bridgehead atoms. The molecule has 4 aromatic rings. The van der Waals surface area contributed by atoms with Gasteiger partial charge < -0.3 is 5.32 Å². The number of carbonyl (C=O) groups excluding carboxylic acids is 1. The van der Waals surface area contributed by atoms with E-state index in [1.54, 1.807) is 35.7 Å². The first-order valence-electron chi connectivity index (χ1n) is 11.4. The molecule has 2 heterocycles. The summed E-state index contributed by atoms with van der Waals surface area (Å²) in [5.74, 6) is -0.515. The number of halogens is 1. The van der Waals surface area contributed by atoms with Crippen molar-refractivity contribution in [2.75, 3.05) is 5.32 Å². The Morgan fingerprint density at radius 2 is 1.85 bits per heavy atom. The number of nitrogens with one attached hydrogen (secondary N) is 1. The maximum Gasteiger partial charge on any atom is 0.248 e. The van der Waals surface area contributed by atoms with E-state index >= 15 is 0 Å². The van der Waals surface area contributed by atoms with Crippen LogP contribution in [0.4, 0.5) is 10.1 Å². The van der Waals surface area contributed by atoms with Crippen LogP contribution in [-0.4, -0.2) is 20.7 Å². The number of carbonyl (C=O) groups is 1. The molecule has 0 aliphatic heterocycles. The third kappa shape index (κ3) is 5.85. The molecule has 0 saturated carbocycles. The number of nitrogens with zero attached hydrogens (tertiary/aromatic N) is 3. The summed E-state index contributed by atoms with van der Waals surface area (Å²) in [6.45, 7) is 4.78. The number of thiazole rings is 1. The second-order valence-corrected chi connectivity index (χ2v) is 8.82. The molecule has 34 heavy (non-hydrogen) atoms. The van der Waals surface area contributed by atoms with Gasteiger partial charge in [0, 0.05) is 34.8 Å². The Hall–Kier alpha value is -3.58. The predicted octanol–water partition coefficient (Wildman–Crippen LogP) is 6.17. The molecule has 174 valence electrons. The van der Waals surface area contributed by atoms with Gasteiger partial charge in [-0.2, -0.15) is 5.10 Å². The van der Waals surface area contributed by atoms with Gasteiger partial charge in [0.05, 0.1) is 22.6 Å². The van der Waals surface area contributed by atoms with E-state index in [0.29, 0.717) is 6.54 Å². The standard InChI is InChI=1S/C27H27FN4OS/c1-3-26-31-24(18-34-26)15-7-19-5-13-23(14-6-19)30-25(33)16-10-21-17-29-32(4-2)27(21)20-8-11-22(28)12-9-20/h5-6,8-14,16-18H,3-4,7,15H2,1-2H3,(H,30,33). The summed E-state index contributed by atoms with van der Waals surface area (Å²) in [5, 5.41) is 10.6. The van der Waals surface area contributed by atoms with Crippen molar-refractivity contribution in [1.29, 1.82) is 0 Å². The fraction of sp³-hybridized carbons (Fsp3) is 0.222. The molecule has 2 aromatic heterocycles. The van der Waals surface area contributed by atoms with Crippen LogP contribution in [0.15, 0.2) is 66.2 Å². The second kappa shape index (κ2) is 11.0. The Bertz CT molecular complexity index is 1270. The summed E-state index contributed by atoms with van der Waals surface area (Å²) in [5.41, 5.74) is 5.57. The number of hydrogen-bond acceptors (Lipinski definition) is 4. The number of anilines is 1. The third-order valence-corrected chi connectivity index (χ3v) is 6.53. The van der Waals surface area contributed by atoms with Crippen molar-refractivity contribution in [3.8, 4) is 11.3 Å². The summed E-state index contributed by atoms with van der Waals surface area (Å²) >= 11 is 1.71. The molecule has 5 nitrogen and oxygen atoms in total. The van der Waals surface area contributed by atoms with Crippen molar-refractivity contribution in [1.82, 2.24) is 14.8 Å². The molecule has 0 aliphatic carbocycles. The van der Waals surface area contributed by atoms with Gasteiger partial charge in [-0.15, -0.1) is 11.3 Å². The lowest BCUT2D eigenvalue weighted by atomic mass is 10.1. The van der Waals surface area contributed by atoms with Crippen molar-refractivity contribution in [3.63, 3.8) is 0 Å². The lowest BCUT2D eigenvalue weighted by Crippen LogP contribution is -2.07. The summed E-state index contributed by atoms with van der Waals surface area (Å²) in [6, 6.07) is 14.2. The molecule has 0 unspecified atom stereocenters. The SMILES string of the molecule is CCc1nc(CCc2ccc(NC(=O)C=Cc3cnn(CC)c3-c3ccc(F)cc3)cc2)cs1. The molecule has 0 atom stereocenters. The maximum atomic E-state index is 13.3. The van der Waals surface area contributed by atoms with Gasteiger partial charge >= 0.3 is 0 Å². The van der Waals surface area contributed by atoms with Gasteiger partial charge in [0.1, 0.15) is 5.82 Å². The molecule has 1 amide bonds. The van der Waals surface area contributed by atoms with Crippen LogP contribution in [0.2, 0.25) is 0 Å². The van der Waals surface area contributed by atoms with Crippen molar-refractivity contribution >= 4 is 29.0 Å². The van der Waals surface area contributed by atoms with Crippen molar-refractivity contribution in [2.45, 2.75) is 39.7 Å². The van der Waals surface area contributed by atoms with E-state index < -0.39 is 0 Å². The van der Waals surface area contributed by atoms with Crippen LogP contribution in [0.1, 0.15) is 35.7 Å². The topological polar surface area (TPSA) is 59.8 Å². The van der Waals surface area contributed by atoms with Gasteiger partial charge in [-0.3, -0.25) is 9.48 Å². The summed E-state index contributed by atoms with van der Waals surface area (Å²) in [7, 11) is 0. The van der Waals surface area contributed by atoms with Crippen LogP contribution < -0.4 is 5.32 Å². The molecule has 2 aromatic carbocycles. The van der Waals surface area contributed by atoms with Crippen LogP contribution in [0.25, 0.3) is 17.3 Å². The quantitative estimate of drug-likeness (QED) is 0.295. The predicted molar refractivity (Wildman–Crippen MR) is 136 cm³/mol. The van der Waals surface area contributed by atoms with E-state index in [0.717, 1.165) is 47.5 Å². The third-order valence-electron chi connectivity index (χ3n) is 5.49. The number of aryl methyl sites for hydroxylation is 4. The fourth-order valence-electron chi connectivity index (χ4n) is 3.69. The highest BCUT2D eigenvalue weighted by molar-refractivity contribution is 7.09. The Morgan fingerprint density at radius 3 is 2.53 bits per heavy atom. The van der Waals surface area contributed by atoms with E-state index in [1.807, 2.05) is 35.9 Å². The molecular weight excluding hydrogens is 447 g/mol. The van der Waals surface area contributed by atoms with Crippen molar-refractivity contribution in [2.24, 2.45) is 0 Å². The fourth-order valence-corrected chi connectivity index (χ4v) is 4.47. The van der Waals surface area contributed by atoms with Gasteiger partial charge in [-0.1, -0.05) is 19.1 Å². The van der Waals surface area contributed by atoms with Crippen molar-refractivity contribution in [3.05, 3.63) is 93.8 Å². The van der Waals surface area contributed by atoms with Gasteiger partial charge in [0.15, 0.2) is 0 Å². The minimum absolute atomic E-state index is 0.225. The van der Waals surface area contributed by atoms with Gasteiger partial charge in [0.25, 0.3) is 0 Å². The Labute approximate surface area is 203 Å². The van der Waals surface area contributed by atoms with Gasteiger partial charge in [-0.25, -0.2) is 9.37 Å². The first-order valence-corrected chi connectivity index (χ1v) is 12.3. The van der Waals surface area contributed by atoms with Crippen LogP contribution in [0.5, 0.6) is 0 Å². The van der Waals surface area contributed by atoms with E-state index in [9.17, 15) is 9.18 Å². The minimum atomic E-state index is -0.289. The van der Waals surface area contributed by atoms with Crippen LogP contribution in [-0.2, 0) is 30.6 Å². The van der Waals surface area contributed by atoms with E-state index in [-0.39, 0.29) is 11.7 Å². The normalized spacial score (nSPS) is 11.3. The minimum Gasteiger partial charge on any atom is -0.323 e. The van der Waals surface area contributed by atoms with Gasteiger partial charge in [0.2, 0.25) is 5.91 Å². The van der Waals surface area contributed by atoms with E-state index in [1.165, 1.54) is 28.8 Å². The molecule has 0 radical (unpaired) electrons. The number of hydrogen-bond donors (Lipinski definition) is 1. The first-order chi connectivity index (χ1) is 16.6. The molecule has 4 rings (SSSR count). The number of rotatable bonds is 9. The van der Waals surface area contributed by atoms with E-state index in [4.69, 9.17) is 0 Å². The van der Waals surface area contributed by atoms with Crippen LogP contribution in [0, 0.1) is 5.82 Å². The zero-order valence-electron chi connectivity index (χ0n) is 19.3. The zero-order valence-corrected chi connectivity index (χ0v) is 20.1. The average molecular weight is 475 g/mol. The number of amides is 1. The maximum absolute atomic E-state index is 13.3. The van der Waals surface area contributed by atoms with Crippen LogP contribution in [0.3, 0.4) is 0 Å². The summed E-state index contributed by atoms with van der Waals surface area (Å²) in [4.78, 5) is 17.1. The highest BCUT2D eigenvalue weighted by atomic mass is 32.1. The monoisotopic (exact) mass is 474 g/mol. The second-order valence-electron chi connectivity index (χ2n) is 7.88. The molecule has 0 saturated heterocycles. The highest BCUT2D eigenvalue weighted by Crippen LogP contribution is 2.25. The Balaban J connectivity index is 1.37.